The monoisotopic (exact) mass is 364 g/mol. The fraction of sp³-hybridized carbons (Fsp3) is 0.385. The van der Waals surface area contributed by atoms with E-state index in [9.17, 15) is 0 Å². The molecular weight excluding hydrogens is 354 g/mol. The molecule has 2 aliphatic carbocycles. The second kappa shape index (κ2) is 7.34. The Morgan fingerprint density at radius 3 is 2.35 bits per heavy atom. The quantitative estimate of drug-likeness (QED) is 0.402. The molecule has 0 aliphatic heterocycles. The Hall–Kier alpha value is 0.713. The Kier molecular flexibility index (Phi) is 7.65. The van der Waals surface area contributed by atoms with E-state index in [4.69, 9.17) is 0 Å². The summed E-state index contributed by atoms with van der Waals surface area (Å²) in [6.07, 6.45) is 7.49. The van der Waals surface area contributed by atoms with Gasteiger partial charge in [0.05, 0.1) is 0 Å². The summed E-state index contributed by atoms with van der Waals surface area (Å²) in [6.45, 7) is 0. The van der Waals surface area contributed by atoms with Gasteiger partial charge in [-0.1, -0.05) is 0 Å². The molecule has 4 heteroatoms. The van der Waals surface area contributed by atoms with Crippen LogP contribution >= 0.6 is 0 Å². The summed E-state index contributed by atoms with van der Waals surface area (Å²) in [4.78, 5) is 0. The Morgan fingerprint density at radius 2 is 1.65 bits per heavy atom. The van der Waals surface area contributed by atoms with Crippen LogP contribution in [0.15, 0.2) is 36.4 Å². The fourth-order valence-electron chi connectivity index (χ4n) is 2.89. The zero-order valence-electron chi connectivity index (χ0n) is 9.24. The van der Waals surface area contributed by atoms with Crippen LogP contribution in [-0.4, -0.2) is 0 Å². The van der Waals surface area contributed by atoms with Crippen molar-refractivity contribution in [2.24, 2.45) is 5.92 Å². The van der Waals surface area contributed by atoms with Crippen molar-refractivity contribution in [2.75, 3.05) is 0 Å². The van der Waals surface area contributed by atoms with Crippen LogP contribution in [0.5, 0.6) is 0 Å². The number of rotatable bonds is 0. The number of fused-ring (bicyclic) bond motifs is 3. The minimum atomic E-state index is 0. The summed E-state index contributed by atoms with van der Waals surface area (Å²) in [6, 6.07) is 9.04. The van der Waals surface area contributed by atoms with Crippen LogP contribution in [-0.2, 0) is 24.7 Å². The first kappa shape index (κ1) is 17.7. The molecule has 0 amide bonds. The molecular formula is C13H13Cl3Zr. The summed E-state index contributed by atoms with van der Waals surface area (Å²) >= 11 is 1.69. The second-order valence-corrected chi connectivity index (χ2v) is 5.83. The number of hydrogen-bond acceptors (Lipinski definition) is 0. The van der Waals surface area contributed by atoms with E-state index in [0.717, 1.165) is 15.5 Å². The summed E-state index contributed by atoms with van der Waals surface area (Å²) in [5.74, 6) is 1.65. The summed E-state index contributed by atoms with van der Waals surface area (Å²) < 4.78 is 0.855. The molecule has 0 N–H and O–H groups in total. The van der Waals surface area contributed by atoms with Gasteiger partial charge in [-0.2, -0.15) is 0 Å². The minimum absolute atomic E-state index is 0. The molecule has 3 rings (SSSR count). The third-order valence-electron chi connectivity index (χ3n) is 3.59. The van der Waals surface area contributed by atoms with Crippen LogP contribution in [0.1, 0.15) is 33.5 Å². The number of allylic oxidation sites excluding steroid dienone is 2. The Balaban J connectivity index is 0.000000853. The van der Waals surface area contributed by atoms with Gasteiger partial charge in [-0.15, -0.1) is 0 Å². The van der Waals surface area contributed by atoms with Crippen molar-refractivity contribution in [3.63, 3.8) is 0 Å². The summed E-state index contributed by atoms with van der Waals surface area (Å²) in [7, 11) is 0. The van der Waals surface area contributed by atoms with Gasteiger partial charge in [0.25, 0.3) is 0 Å². The molecule has 3 atom stereocenters. The molecule has 90 valence electrons. The fourth-order valence-corrected chi connectivity index (χ4v) is 4.46. The molecule has 2 aliphatic rings. The zero-order valence-corrected chi connectivity index (χ0v) is 14.0. The average molecular weight is 367 g/mol. The van der Waals surface area contributed by atoms with Crippen molar-refractivity contribution in [2.45, 2.75) is 22.4 Å². The maximum absolute atomic E-state index is 2.44. The number of halogens is 3. The van der Waals surface area contributed by atoms with Crippen LogP contribution < -0.4 is 37.2 Å². The SMILES string of the molecule is [Cl-].[Cl-].[Cl-].[Zr+3][CH]1c2ccccc2C2C=CCCC12. The third kappa shape index (κ3) is 3.00. The van der Waals surface area contributed by atoms with E-state index in [-0.39, 0.29) is 37.2 Å². The normalized spacial score (nSPS) is 28.0. The van der Waals surface area contributed by atoms with Gasteiger partial charge >= 0.3 is 101 Å². The molecule has 0 radical (unpaired) electrons. The average Bonchev–Trinajstić information content (AvgIpc) is 2.55. The first-order chi connectivity index (χ1) is 6.88. The van der Waals surface area contributed by atoms with E-state index in [1.165, 1.54) is 12.8 Å². The molecule has 1 aromatic rings. The molecule has 0 nitrogen and oxygen atoms in total. The van der Waals surface area contributed by atoms with Gasteiger partial charge in [-0.25, -0.2) is 0 Å². The van der Waals surface area contributed by atoms with Gasteiger partial charge in [0.1, 0.15) is 0 Å². The van der Waals surface area contributed by atoms with E-state index in [0.29, 0.717) is 0 Å². The molecule has 3 unspecified atom stereocenters. The third-order valence-corrected chi connectivity index (χ3v) is 5.41. The Labute approximate surface area is 137 Å². The standard InChI is InChI=1S/C13H13.3ClH.Zr/c1-3-7-12-10(5-1)9-11-6-2-4-8-13(11)12;;;;/h1,3-5,7-9,11,13H,2,6H2;3*1H;/q;;;;+3/p-3. The Bertz CT molecular complexity index is 392. The van der Waals surface area contributed by atoms with Gasteiger partial charge in [-0.05, 0) is 0 Å². The molecule has 0 fully saturated rings. The van der Waals surface area contributed by atoms with Gasteiger partial charge in [0.15, 0.2) is 0 Å². The van der Waals surface area contributed by atoms with Crippen molar-refractivity contribution < 1.29 is 61.9 Å². The molecule has 0 heterocycles. The molecule has 17 heavy (non-hydrogen) atoms. The van der Waals surface area contributed by atoms with Crippen molar-refractivity contribution in [3.8, 4) is 0 Å². The van der Waals surface area contributed by atoms with Crippen LogP contribution in [0.25, 0.3) is 0 Å². The van der Waals surface area contributed by atoms with E-state index in [1.54, 1.807) is 35.8 Å². The zero-order chi connectivity index (χ0) is 9.54. The molecule has 1 aromatic carbocycles. The first-order valence-corrected chi connectivity index (χ1v) is 6.76. The van der Waals surface area contributed by atoms with Crippen molar-refractivity contribution in [1.29, 1.82) is 0 Å². The number of hydrogen-bond donors (Lipinski definition) is 0. The van der Waals surface area contributed by atoms with E-state index in [2.05, 4.69) is 36.4 Å². The van der Waals surface area contributed by atoms with Crippen molar-refractivity contribution in [3.05, 3.63) is 47.5 Å². The molecule has 0 aromatic heterocycles. The van der Waals surface area contributed by atoms with Gasteiger partial charge in [-0.3, -0.25) is 0 Å². The van der Waals surface area contributed by atoms with Gasteiger partial charge < -0.3 is 37.2 Å². The van der Waals surface area contributed by atoms with Gasteiger partial charge in [0, 0.05) is 0 Å². The van der Waals surface area contributed by atoms with Gasteiger partial charge in [0.2, 0.25) is 0 Å². The first-order valence-electron chi connectivity index (χ1n) is 5.34. The van der Waals surface area contributed by atoms with Crippen LogP contribution in [0.4, 0.5) is 0 Å². The predicted molar refractivity (Wildman–Crippen MR) is 53.8 cm³/mol. The van der Waals surface area contributed by atoms with E-state index >= 15 is 0 Å². The Morgan fingerprint density at radius 1 is 1.00 bits per heavy atom. The molecule has 0 bridgehead atoms. The van der Waals surface area contributed by atoms with E-state index in [1.807, 2.05) is 0 Å². The topological polar surface area (TPSA) is 0 Å². The van der Waals surface area contributed by atoms with Crippen molar-refractivity contribution >= 4 is 0 Å². The van der Waals surface area contributed by atoms with E-state index < -0.39 is 0 Å². The van der Waals surface area contributed by atoms with Crippen LogP contribution in [0, 0.1) is 5.92 Å². The summed E-state index contributed by atoms with van der Waals surface area (Å²) in [5, 5.41) is 0. The molecule has 0 saturated carbocycles. The molecule has 0 saturated heterocycles. The number of benzene rings is 1. The molecule has 0 spiro atoms. The summed E-state index contributed by atoms with van der Waals surface area (Å²) in [5.41, 5.74) is 3.24. The predicted octanol–water partition coefficient (Wildman–Crippen LogP) is -5.65. The maximum atomic E-state index is 2.44. The second-order valence-electron chi connectivity index (χ2n) is 4.30. The van der Waals surface area contributed by atoms with Crippen LogP contribution in [0.2, 0.25) is 0 Å². The van der Waals surface area contributed by atoms with Crippen LogP contribution in [0.3, 0.4) is 0 Å². The van der Waals surface area contributed by atoms with Crippen molar-refractivity contribution in [1.82, 2.24) is 0 Å².